The number of hydrogen-bond donors (Lipinski definition) is 0. The number of fused-ring (bicyclic) bond motifs is 5. The van der Waals surface area contributed by atoms with Gasteiger partial charge in [-0.15, -0.1) is 0 Å². The van der Waals surface area contributed by atoms with Gasteiger partial charge in [0, 0.05) is 16.5 Å². The van der Waals surface area contributed by atoms with Crippen LogP contribution in [0.5, 0.6) is 0 Å². The number of aromatic nitrogens is 1. The van der Waals surface area contributed by atoms with Crippen LogP contribution < -0.4 is 0 Å². The van der Waals surface area contributed by atoms with E-state index in [1.165, 1.54) is 110 Å². The first-order valence-electron chi connectivity index (χ1n) is 21.3. The van der Waals surface area contributed by atoms with E-state index < -0.39 is 0 Å². The summed E-state index contributed by atoms with van der Waals surface area (Å²) in [5.74, 6) is 0. The first-order chi connectivity index (χ1) is 29.9. The fourth-order valence-electron chi connectivity index (χ4n) is 9.42. The average molecular weight is 780 g/mol. The van der Waals surface area contributed by atoms with Crippen molar-refractivity contribution in [3.63, 3.8) is 0 Å². The molecule has 0 bridgehead atoms. The quantitative estimate of drug-likeness (QED) is 0.148. The Hall–Kier alpha value is -7.48. The molecule has 0 radical (unpaired) electrons. The Morgan fingerprint density at radius 1 is 0.279 bits per heavy atom. The Morgan fingerprint density at radius 3 is 1.08 bits per heavy atom. The predicted octanol–water partition coefficient (Wildman–Crippen LogP) is 16.7. The van der Waals surface area contributed by atoms with E-state index in [9.17, 15) is 0 Å². The maximum Gasteiger partial charge on any atom is 0.0541 e. The van der Waals surface area contributed by atoms with E-state index in [4.69, 9.17) is 0 Å². The van der Waals surface area contributed by atoms with Gasteiger partial charge in [0.1, 0.15) is 0 Å². The van der Waals surface area contributed by atoms with Crippen LogP contribution >= 0.6 is 0 Å². The number of para-hydroxylation sites is 1. The topological polar surface area (TPSA) is 4.93 Å². The Bertz CT molecular complexity index is 3330. The summed E-state index contributed by atoms with van der Waals surface area (Å²) >= 11 is 0. The van der Waals surface area contributed by atoms with E-state index in [-0.39, 0.29) is 5.41 Å². The van der Waals surface area contributed by atoms with Gasteiger partial charge in [-0.2, -0.15) is 0 Å². The van der Waals surface area contributed by atoms with Gasteiger partial charge in [0.15, 0.2) is 0 Å². The fourth-order valence-corrected chi connectivity index (χ4v) is 9.42. The minimum absolute atomic E-state index is 0.0521. The zero-order chi connectivity index (χ0) is 41.1. The summed E-state index contributed by atoms with van der Waals surface area (Å²) in [5, 5.41) is 7.59. The lowest BCUT2D eigenvalue weighted by Crippen LogP contribution is -2.10. The predicted molar refractivity (Wildman–Crippen MR) is 262 cm³/mol. The van der Waals surface area contributed by atoms with Gasteiger partial charge in [-0.1, -0.05) is 203 Å². The summed E-state index contributed by atoms with van der Waals surface area (Å²) in [6, 6.07) is 80.4. The number of benzene rings is 10. The van der Waals surface area contributed by atoms with Crippen molar-refractivity contribution in [3.8, 4) is 61.3 Å². The molecule has 1 heteroatoms. The first-order valence-corrected chi connectivity index (χ1v) is 21.3. The molecule has 290 valence electrons. The van der Waals surface area contributed by atoms with Crippen LogP contribution in [-0.4, -0.2) is 4.57 Å². The van der Waals surface area contributed by atoms with Crippen LogP contribution in [0.2, 0.25) is 0 Å². The van der Waals surface area contributed by atoms with E-state index in [1.807, 2.05) is 0 Å². The Morgan fingerprint density at radius 2 is 0.623 bits per heavy atom. The molecule has 0 spiro atoms. The van der Waals surface area contributed by atoms with Gasteiger partial charge in [-0.3, -0.25) is 0 Å². The van der Waals surface area contributed by atoms with Crippen molar-refractivity contribution < 1.29 is 0 Å². The summed E-state index contributed by atoms with van der Waals surface area (Å²) in [6.45, 7) is 6.88. The molecule has 11 aromatic rings. The summed E-state index contributed by atoms with van der Waals surface area (Å²) in [6.07, 6.45) is 0. The third-order valence-electron chi connectivity index (χ3n) is 12.6. The number of rotatable bonds is 6. The highest BCUT2D eigenvalue weighted by atomic mass is 15.0. The van der Waals surface area contributed by atoms with Crippen molar-refractivity contribution in [2.75, 3.05) is 0 Å². The van der Waals surface area contributed by atoms with Gasteiger partial charge in [0.2, 0.25) is 0 Å². The Balaban J connectivity index is 0.983. The summed E-state index contributed by atoms with van der Waals surface area (Å²) in [4.78, 5) is 0. The lowest BCUT2D eigenvalue weighted by molar-refractivity contribution is 0.591. The smallest absolute Gasteiger partial charge is 0.0541 e. The number of nitrogens with zero attached hydrogens (tertiary/aromatic N) is 1. The minimum atomic E-state index is 0.0521. The average Bonchev–Trinajstić information content (AvgIpc) is 3.64. The van der Waals surface area contributed by atoms with Gasteiger partial charge in [0.05, 0.1) is 11.0 Å². The molecule has 0 unspecified atom stereocenters. The van der Waals surface area contributed by atoms with Gasteiger partial charge in [0.25, 0.3) is 0 Å². The second-order valence-electron chi connectivity index (χ2n) is 17.3. The van der Waals surface area contributed by atoms with Gasteiger partial charge < -0.3 is 4.57 Å². The highest BCUT2D eigenvalue weighted by Gasteiger charge is 2.20. The van der Waals surface area contributed by atoms with Crippen molar-refractivity contribution in [1.29, 1.82) is 0 Å². The molecule has 0 aliphatic rings. The maximum absolute atomic E-state index is 2.41. The Kier molecular flexibility index (Phi) is 8.79. The SMILES string of the molecule is CC(C)(C)c1ccc2c(c1)c1cc(-c3ccc(-c4c5ccccc5c(-c5ccc(-c6ccc(-c7ccccc7)cc6)cc5)c5ccccc45)cc3)ccc1n2-c1ccccc1. The van der Waals surface area contributed by atoms with Crippen molar-refractivity contribution in [2.45, 2.75) is 26.2 Å². The number of hydrogen-bond acceptors (Lipinski definition) is 0. The lowest BCUT2D eigenvalue weighted by atomic mass is 9.85. The zero-order valence-electron chi connectivity index (χ0n) is 34.7. The standard InChI is InChI=1S/C60H45N/c1-60(2,3)48-35-37-57-55(39-48)54-38-47(34-36-56(54)61(57)49-16-8-5-9-17-49)44-28-32-46(33-29-44)59-52-20-12-10-18-50(52)58(51-19-11-13-21-53(51)59)45-30-26-43(27-31-45)42-24-22-41(23-25-42)40-14-6-4-7-15-40/h4-39H,1-3H3. The van der Waals surface area contributed by atoms with Crippen LogP contribution in [0.25, 0.3) is 105 Å². The highest BCUT2D eigenvalue weighted by molar-refractivity contribution is 6.21. The minimum Gasteiger partial charge on any atom is -0.309 e. The van der Waals surface area contributed by atoms with Crippen LogP contribution in [0.4, 0.5) is 0 Å². The maximum atomic E-state index is 2.41. The molecule has 1 aromatic heterocycles. The summed E-state index contributed by atoms with van der Waals surface area (Å²) < 4.78 is 2.41. The highest BCUT2D eigenvalue weighted by Crippen LogP contribution is 2.45. The lowest BCUT2D eigenvalue weighted by Gasteiger charge is -2.19. The van der Waals surface area contributed by atoms with Crippen molar-refractivity contribution in [1.82, 2.24) is 4.57 Å². The van der Waals surface area contributed by atoms with Crippen LogP contribution in [0.3, 0.4) is 0 Å². The van der Waals surface area contributed by atoms with Crippen molar-refractivity contribution >= 4 is 43.4 Å². The zero-order valence-corrected chi connectivity index (χ0v) is 34.7. The monoisotopic (exact) mass is 779 g/mol. The molecule has 1 nitrogen and oxygen atoms in total. The molecule has 0 aliphatic carbocycles. The van der Waals surface area contributed by atoms with E-state index in [0.717, 1.165) is 0 Å². The summed E-state index contributed by atoms with van der Waals surface area (Å²) in [5.41, 5.74) is 17.3. The molecule has 0 saturated carbocycles. The second-order valence-corrected chi connectivity index (χ2v) is 17.3. The van der Waals surface area contributed by atoms with Crippen molar-refractivity contribution in [3.05, 3.63) is 224 Å². The second kappa shape index (κ2) is 14.7. The van der Waals surface area contributed by atoms with Crippen LogP contribution in [0.15, 0.2) is 218 Å². The van der Waals surface area contributed by atoms with E-state index in [2.05, 4.69) is 244 Å². The molecule has 0 aliphatic heterocycles. The van der Waals surface area contributed by atoms with E-state index in [0.29, 0.717) is 0 Å². The normalized spacial score (nSPS) is 11.9. The molecular weight excluding hydrogens is 735 g/mol. The largest absolute Gasteiger partial charge is 0.309 e. The van der Waals surface area contributed by atoms with E-state index in [1.54, 1.807) is 0 Å². The van der Waals surface area contributed by atoms with Crippen LogP contribution in [0.1, 0.15) is 26.3 Å². The molecule has 0 saturated heterocycles. The molecule has 0 fully saturated rings. The third kappa shape index (κ3) is 6.42. The molecule has 0 N–H and O–H groups in total. The molecule has 1 heterocycles. The van der Waals surface area contributed by atoms with Crippen LogP contribution in [-0.2, 0) is 5.41 Å². The van der Waals surface area contributed by atoms with Gasteiger partial charge in [-0.25, -0.2) is 0 Å². The molecule has 61 heavy (non-hydrogen) atoms. The molecular formula is C60H45N. The van der Waals surface area contributed by atoms with Crippen molar-refractivity contribution in [2.24, 2.45) is 0 Å². The fraction of sp³-hybridized carbons (Fsp3) is 0.0667. The summed E-state index contributed by atoms with van der Waals surface area (Å²) in [7, 11) is 0. The molecule has 10 aromatic carbocycles. The van der Waals surface area contributed by atoms with Gasteiger partial charge in [-0.05, 0) is 125 Å². The molecule has 0 atom stereocenters. The van der Waals surface area contributed by atoms with Crippen LogP contribution in [0, 0.1) is 0 Å². The molecule has 11 rings (SSSR count). The van der Waals surface area contributed by atoms with E-state index >= 15 is 0 Å². The third-order valence-corrected chi connectivity index (χ3v) is 12.6. The first kappa shape index (κ1) is 36.6. The Labute approximate surface area is 357 Å². The molecule has 0 amide bonds. The van der Waals surface area contributed by atoms with Gasteiger partial charge >= 0.3 is 0 Å².